The van der Waals surface area contributed by atoms with E-state index >= 15 is 0 Å². The zero-order valence-electron chi connectivity index (χ0n) is 16.4. The minimum absolute atomic E-state index is 0.0349. The summed E-state index contributed by atoms with van der Waals surface area (Å²) >= 11 is 0. The second-order valence-electron chi connectivity index (χ2n) is 7.28. The number of amides is 1. The van der Waals surface area contributed by atoms with Crippen LogP contribution in [-0.2, 0) is 4.79 Å². The van der Waals surface area contributed by atoms with Gasteiger partial charge < -0.3 is 10.2 Å². The lowest BCUT2D eigenvalue weighted by Gasteiger charge is -2.34. The van der Waals surface area contributed by atoms with E-state index in [1.54, 1.807) is 0 Å². The molecule has 1 fully saturated rings. The number of nitrogens with zero attached hydrogens (tertiary/aromatic N) is 4. The molecule has 0 aliphatic carbocycles. The third-order valence-corrected chi connectivity index (χ3v) is 5.38. The van der Waals surface area contributed by atoms with Crippen LogP contribution in [-0.4, -0.2) is 53.5 Å². The van der Waals surface area contributed by atoms with Gasteiger partial charge >= 0.3 is 0 Å². The molecule has 144 valence electrons. The molecule has 6 heteroatoms. The first-order valence-corrected chi connectivity index (χ1v) is 9.65. The molecule has 1 saturated heterocycles. The largest absolute Gasteiger partial charge is 0.353 e. The molecule has 2 aromatic carbocycles. The van der Waals surface area contributed by atoms with Gasteiger partial charge in [-0.2, -0.15) is 0 Å². The standard InChI is InChI=1S/C22H25N5O/c1-16-6-5-9-18(17(16)2)25-22(28)15-26-10-12-27(13-11-26)21-14-23-19-7-3-4-8-20(19)24-21/h3-9,14H,10-13,15H2,1-2H3,(H,25,28). The average Bonchev–Trinajstić information content (AvgIpc) is 2.71. The number of rotatable bonds is 4. The molecule has 1 amide bonds. The summed E-state index contributed by atoms with van der Waals surface area (Å²) < 4.78 is 0. The summed E-state index contributed by atoms with van der Waals surface area (Å²) in [6, 6.07) is 13.9. The van der Waals surface area contributed by atoms with Crippen LogP contribution in [0, 0.1) is 13.8 Å². The van der Waals surface area contributed by atoms with Crippen molar-refractivity contribution in [1.29, 1.82) is 0 Å². The topological polar surface area (TPSA) is 61.4 Å². The quantitative estimate of drug-likeness (QED) is 0.760. The Morgan fingerprint density at radius 2 is 1.75 bits per heavy atom. The first kappa shape index (κ1) is 18.4. The van der Waals surface area contributed by atoms with E-state index in [4.69, 9.17) is 4.98 Å². The van der Waals surface area contributed by atoms with Gasteiger partial charge in [-0.3, -0.25) is 14.7 Å². The van der Waals surface area contributed by atoms with Crippen molar-refractivity contribution in [2.45, 2.75) is 13.8 Å². The highest BCUT2D eigenvalue weighted by molar-refractivity contribution is 5.93. The van der Waals surface area contributed by atoms with Gasteiger partial charge in [0.2, 0.25) is 5.91 Å². The fourth-order valence-corrected chi connectivity index (χ4v) is 3.51. The number of carbonyl (C=O) groups excluding carboxylic acids is 1. The Bertz CT molecular complexity index is 995. The van der Waals surface area contributed by atoms with Crippen molar-refractivity contribution in [3.63, 3.8) is 0 Å². The molecule has 6 nitrogen and oxygen atoms in total. The van der Waals surface area contributed by atoms with Crippen LogP contribution in [0.1, 0.15) is 11.1 Å². The Balaban J connectivity index is 1.33. The van der Waals surface area contributed by atoms with E-state index in [2.05, 4.69) is 33.1 Å². The fraction of sp³-hybridized carbons (Fsp3) is 0.318. The van der Waals surface area contributed by atoms with Crippen molar-refractivity contribution in [1.82, 2.24) is 14.9 Å². The molecule has 0 unspecified atom stereocenters. The second-order valence-corrected chi connectivity index (χ2v) is 7.28. The number of carbonyl (C=O) groups is 1. The van der Waals surface area contributed by atoms with E-state index in [1.807, 2.05) is 49.5 Å². The van der Waals surface area contributed by atoms with E-state index < -0.39 is 0 Å². The second kappa shape index (κ2) is 7.94. The molecule has 0 radical (unpaired) electrons. The van der Waals surface area contributed by atoms with Crippen molar-refractivity contribution in [3.05, 3.63) is 59.8 Å². The Morgan fingerprint density at radius 1 is 1.00 bits per heavy atom. The Kier molecular flexibility index (Phi) is 5.21. The first-order valence-electron chi connectivity index (χ1n) is 9.65. The molecular formula is C22H25N5O. The Labute approximate surface area is 165 Å². The molecular weight excluding hydrogens is 350 g/mol. The first-order chi connectivity index (χ1) is 13.6. The normalized spacial score (nSPS) is 15.0. The molecule has 28 heavy (non-hydrogen) atoms. The zero-order valence-corrected chi connectivity index (χ0v) is 16.4. The number of nitrogens with one attached hydrogen (secondary N) is 1. The van der Waals surface area contributed by atoms with Crippen molar-refractivity contribution in [2.24, 2.45) is 0 Å². The smallest absolute Gasteiger partial charge is 0.238 e. The molecule has 1 aliphatic rings. The molecule has 0 atom stereocenters. The molecule has 1 aliphatic heterocycles. The Morgan fingerprint density at radius 3 is 2.54 bits per heavy atom. The third-order valence-electron chi connectivity index (χ3n) is 5.38. The summed E-state index contributed by atoms with van der Waals surface area (Å²) in [6.45, 7) is 7.83. The van der Waals surface area contributed by atoms with Gasteiger partial charge in [-0.1, -0.05) is 24.3 Å². The summed E-state index contributed by atoms with van der Waals surface area (Å²) in [6.07, 6.45) is 1.84. The molecule has 3 aromatic rings. The van der Waals surface area contributed by atoms with Gasteiger partial charge in [-0.25, -0.2) is 4.98 Å². The number of benzene rings is 2. The molecule has 4 rings (SSSR count). The van der Waals surface area contributed by atoms with Crippen LogP contribution in [0.15, 0.2) is 48.7 Å². The van der Waals surface area contributed by atoms with Crippen LogP contribution in [0.3, 0.4) is 0 Å². The number of hydrogen-bond acceptors (Lipinski definition) is 5. The lowest BCUT2D eigenvalue weighted by molar-refractivity contribution is -0.117. The van der Waals surface area contributed by atoms with Gasteiger partial charge in [-0.15, -0.1) is 0 Å². The number of fused-ring (bicyclic) bond motifs is 1. The fourth-order valence-electron chi connectivity index (χ4n) is 3.51. The van der Waals surface area contributed by atoms with E-state index in [1.165, 1.54) is 5.56 Å². The maximum absolute atomic E-state index is 12.5. The van der Waals surface area contributed by atoms with Crippen LogP contribution in [0.5, 0.6) is 0 Å². The Hall–Kier alpha value is -2.99. The molecule has 2 heterocycles. The average molecular weight is 375 g/mol. The van der Waals surface area contributed by atoms with E-state index in [-0.39, 0.29) is 5.91 Å². The van der Waals surface area contributed by atoms with Gasteiger partial charge in [0.1, 0.15) is 5.82 Å². The van der Waals surface area contributed by atoms with Crippen molar-refractivity contribution in [3.8, 4) is 0 Å². The van der Waals surface area contributed by atoms with Gasteiger partial charge in [-0.05, 0) is 43.2 Å². The molecule has 0 saturated carbocycles. The number of piperazine rings is 1. The zero-order chi connectivity index (χ0) is 19.5. The maximum atomic E-state index is 12.5. The minimum atomic E-state index is 0.0349. The summed E-state index contributed by atoms with van der Waals surface area (Å²) in [4.78, 5) is 26.1. The SMILES string of the molecule is Cc1cccc(NC(=O)CN2CCN(c3cnc4ccccc4n3)CC2)c1C. The summed E-state index contributed by atoms with van der Waals surface area (Å²) in [7, 11) is 0. The number of aryl methyl sites for hydroxylation is 1. The van der Waals surface area contributed by atoms with Crippen molar-refractivity contribution < 1.29 is 4.79 Å². The molecule has 1 aromatic heterocycles. The summed E-state index contributed by atoms with van der Waals surface area (Å²) in [5.74, 6) is 0.936. The van der Waals surface area contributed by atoms with E-state index in [9.17, 15) is 4.79 Å². The van der Waals surface area contributed by atoms with E-state index in [0.717, 1.165) is 54.3 Å². The van der Waals surface area contributed by atoms with Crippen LogP contribution >= 0.6 is 0 Å². The van der Waals surface area contributed by atoms with Crippen LogP contribution in [0.4, 0.5) is 11.5 Å². The van der Waals surface area contributed by atoms with E-state index in [0.29, 0.717) is 6.54 Å². The minimum Gasteiger partial charge on any atom is -0.353 e. The highest BCUT2D eigenvalue weighted by Crippen LogP contribution is 2.19. The highest BCUT2D eigenvalue weighted by atomic mass is 16.2. The van der Waals surface area contributed by atoms with Crippen molar-refractivity contribution in [2.75, 3.05) is 42.9 Å². The predicted molar refractivity (Wildman–Crippen MR) is 113 cm³/mol. The number of aromatic nitrogens is 2. The van der Waals surface area contributed by atoms with Crippen LogP contribution in [0.25, 0.3) is 11.0 Å². The van der Waals surface area contributed by atoms with Gasteiger partial charge in [0.15, 0.2) is 0 Å². The van der Waals surface area contributed by atoms with Crippen molar-refractivity contribution >= 4 is 28.4 Å². The summed E-state index contributed by atoms with van der Waals surface area (Å²) in [5.41, 5.74) is 5.02. The third kappa shape index (κ3) is 3.97. The van der Waals surface area contributed by atoms with Crippen LogP contribution < -0.4 is 10.2 Å². The number of hydrogen-bond donors (Lipinski definition) is 1. The van der Waals surface area contributed by atoms with Gasteiger partial charge in [0.25, 0.3) is 0 Å². The number of anilines is 2. The summed E-state index contributed by atoms with van der Waals surface area (Å²) in [5, 5.41) is 3.04. The lowest BCUT2D eigenvalue weighted by Crippen LogP contribution is -2.49. The monoisotopic (exact) mass is 375 g/mol. The molecule has 0 spiro atoms. The highest BCUT2D eigenvalue weighted by Gasteiger charge is 2.20. The van der Waals surface area contributed by atoms with Gasteiger partial charge in [0, 0.05) is 31.9 Å². The lowest BCUT2D eigenvalue weighted by atomic mass is 10.1. The molecule has 0 bridgehead atoms. The van der Waals surface area contributed by atoms with Gasteiger partial charge in [0.05, 0.1) is 23.8 Å². The molecule has 1 N–H and O–H groups in total. The number of para-hydroxylation sites is 2. The maximum Gasteiger partial charge on any atom is 0.238 e. The van der Waals surface area contributed by atoms with Crippen LogP contribution in [0.2, 0.25) is 0 Å². The predicted octanol–water partition coefficient (Wildman–Crippen LogP) is 3.01.